The molecule has 0 saturated carbocycles. The van der Waals surface area contributed by atoms with Crippen molar-refractivity contribution in [1.82, 2.24) is 0 Å². The number of rotatable bonds is 5. The van der Waals surface area contributed by atoms with E-state index in [2.05, 4.69) is 0 Å². The maximum absolute atomic E-state index is 12.7. The van der Waals surface area contributed by atoms with Gasteiger partial charge in [0, 0.05) is 5.92 Å². The van der Waals surface area contributed by atoms with Gasteiger partial charge in [-0.15, -0.1) is 0 Å². The summed E-state index contributed by atoms with van der Waals surface area (Å²) < 4.78 is 10.4. The van der Waals surface area contributed by atoms with E-state index in [1.54, 1.807) is 31.4 Å². The highest BCUT2D eigenvalue weighted by Crippen LogP contribution is 2.41. The van der Waals surface area contributed by atoms with Gasteiger partial charge in [-0.3, -0.25) is 9.59 Å². The summed E-state index contributed by atoms with van der Waals surface area (Å²) >= 11 is 1.56. The van der Waals surface area contributed by atoms with Gasteiger partial charge in [-0.05, 0) is 65.1 Å². The Labute approximate surface area is 151 Å². The Hall–Kier alpha value is -2.40. The van der Waals surface area contributed by atoms with E-state index in [4.69, 9.17) is 9.47 Å². The highest BCUT2D eigenvalue weighted by atomic mass is 32.1. The summed E-state index contributed by atoms with van der Waals surface area (Å²) in [6.45, 7) is 2.02. The van der Waals surface area contributed by atoms with Gasteiger partial charge in [0.05, 0.1) is 13.7 Å². The summed E-state index contributed by atoms with van der Waals surface area (Å²) in [4.78, 5) is 25.1. The Bertz CT molecular complexity index is 792. The van der Waals surface area contributed by atoms with E-state index in [0.717, 1.165) is 22.4 Å². The number of benzene rings is 1. The summed E-state index contributed by atoms with van der Waals surface area (Å²) in [5.74, 6) is -0.873. The van der Waals surface area contributed by atoms with Crippen LogP contribution in [0.4, 0.5) is 0 Å². The monoisotopic (exact) mass is 356 g/mol. The zero-order valence-corrected chi connectivity index (χ0v) is 15.0. The van der Waals surface area contributed by atoms with Gasteiger partial charge in [0.1, 0.15) is 11.7 Å². The first-order chi connectivity index (χ1) is 12.1. The lowest BCUT2D eigenvalue weighted by molar-refractivity contribution is -0.151. The van der Waals surface area contributed by atoms with E-state index >= 15 is 0 Å². The lowest BCUT2D eigenvalue weighted by atomic mass is 9.74. The van der Waals surface area contributed by atoms with Gasteiger partial charge in [-0.2, -0.15) is 11.3 Å². The third-order valence-corrected chi connectivity index (χ3v) is 5.12. The van der Waals surface area contributed by atoms with Crippen LogP contribution in [0.1, 0.15) is 30.4 Å². The first-order valence-corrected chi connectivity index (χ1v) is 9.16. The first kappa shape index (κ1) is 17.4. The second-order valence-electron chi connectivity index (χ2n) is 5.90. The predicted octanol–water partition coefficient (Wildman–Crippen LogP) is 4.08. The average molecular weight is 356 g/mol. The number of ketones is 1. The normalized spacial score (nSPS) is 20.1. The van der Waals surface area contributed by atoms with Crippen LogP contribution >= 0.6 is 11.3 Å². The van der Waals surface area contributed by atoms with Crippen LogP contribution in [0, 0.1) is 5.92 Å². The minimum atomic E-state index is -0.774. The number of methoxy groups -OCH3 is 1. The number of ether oxygens (including phenoxy) is 2. The van der Waals surface area contributed by atoms with Gasteiger partial charge in [0.25, 0.3) is 0 Å². The smallest absolute Gasteiger partial charge is 0.317 e. The number of esters is 1. The molecule has 3 rings (SSSR count). The third kappa shape index (κ3) is 3.66. The molecule has 0 bridgehead atoms. The van der Waals surface area contributed by atoms with Gasteiger partial charge < -0.3 is 9.47 Å². The molecule has 0 spiro atoms. The third-order valence-electron chi connectivity index (χ3n) is 4.42. The second kappa shape index (κ2) is 7.66. The van der Waals surface area contributed by atoms with Gasteiger partial charge >= 0.3 is 5.97 Å². The Balaban J connectivity index is 1.99. The largest absolute Gasteiger partial charge is 0.497 e. The lowest BCUT2D eigenvalue weighted by Crippen LogP contribution is -2.33. The maximum Gasteiger partial charge on any atom is 0.317 e. The van der Waals surface area contributed by atoms with Gasteiger partial charge in [-0.25, -0.2) is 0 Å². The van der Waals surface area contributed by atoms with Crippen LogP contribution in [-0.4, -0.2) is 25.5 Å². The minimum absolute atomic E-state index is 0.196. The molecule has 0 fully saturated rings. The van der Waals surface area contributed by atoms with Crippen molar-refractivity contribution in [1.29, 1.82) is 0 Å². The molecule has 0 radical (unpaired) electrons. The molecule has 2 aromatic rings. The molecule has 4 nitrogen and oxygen atoms in total. The molecule has 2 atom stereocenters. The van der Waals surface area contributed by atoms with E-state index in [0.29, 0.717) is 6.42 Å². The molecule has 1 heterocycles. The fourth-order valence-corrected chi connectivity index (χ4v) is 3.93. The fourth-order valence-electron chi connectivity index (χ4n) is 3.21. The second-order valence-corrected chi connectivity index (χ2v) is 6.68. The van der Waals surface area contributed by atoms with Gasteiger partial charge in [-0.1, -0.05) is 12.1 Å². The number of carbonyl (C=O) groups is 2. The molecule has 0 aliphatic heterocycles. The molecule has 1 aliphatic carbocycles. The Morgan fingerprint density at radius 3 is 2.84 bits per heavy atom. The van der Waals surface area contributed by atoms with Crippen LogP contribution in [0.3, 0.4) is 0 Å². The highest BCUT2D eigenvalue weighted by Gasteiger charge is 2.39. The number of thiophene rings is 1. The Kier molecular flexibility index (Phi) is 5.34. The molecule has 1 aromatic carbocycles. The summed E-state index contributed by atoms with van der Waals surface area (Å²) in [6.07, 6.45) is 2.19. The molecule has 1 aromatic heterocycles. The average Bonchev–Trinajstić information content (AvgIpc) is 3.15. The van der Waals surface area contributed by atoms with Gasteiger partial charge in [0.15, 0.2) is 5.78 Å². The first-order valence-electron chi connectivity index (χ1n) is 8.21. The molecule has 0 unspecified atom stereocenters. The number of carbonyl (C=O) groups excluding carboxylic acids is 2. The molecule has 0 N–H and O–H groups in total. The lowest BCUT2D eigenvalue weighted by Gasteiger charge is -2.28. The van der Waals surface area contributed by atoms with Crippen molar-refractivity contribution in [2.75, 3.05) is 13.7 Å². The van der Waals surface area contributed by atoms with Crippen molar-refractivity contribution >= 4 is 28.7 Å². The van der Waals surface area contributed by atoms with E-state index in [-0.39, 0.29) is 18.3 Å². The molecular weight excluding hydrogens is 336 g/mol. The van der Waals surface area contributed by atoms with Crippen molar-refractivity contribution in [3.63, 3.8) is 0 Å². The molecule has 1 aliphatic rings. The topological polar surface area (TPSA) is 52.6 Å². The molecule has 130 valence electrons. The summed E-state index contributed by atoms with van der Waals surface area (Å²) in [5, 5.41) is 3.96. The van der Waals surface area contributed by atoms with Crippen molar-refractivity contribution in [2.24, 2.45) is 5.92 Å². The summed E-state index contributed by atoms with van der Waals surface area (Å²) in [7, 11) is 1.62. The fraction of sp³-hybridized carbons (Fsp3) is 0.300. The molecule has 0 saturated heterocycles. The molecule has 5 heteroatoms. The highest BCUT2D eigenvalue weighted by molar-refractivity contribution is 7.08. The van der Waals surface area contributed by atoms with Crippen LogP contribution < -0.4 is 4.74 Å². The number of hydrogen-bond acceptors (Lipinski definition) is 5. The van der Waals surface area contributed by atoms with E-state index < -0.39 is 11.9 Å². The van der Waals surface area contributed by atoms with Crippen LogP contribution in [-0.2, 0) is 14.3 Å². The number of allylic oxidation sites excluding steroid dienone is 2. The van der Waals surface area contributed by atoms with Crippen LogP contribution in [0.15, 0.2) is 47.2 Å². The minimum Gasteiger partial charge on any atom is -0.497 e. The number of hydrogen-bond donors (Lipinski definition) is 0. The zero-order valence-electron chi connectivity index (χ0n) is 14.2. The van der Waals surface area contributed by atoms with Crippen LogP contribution in [0.2, 0.25) is 0 Å². The van der Waals surface area contributed by atoms with E-state index in [1.165, 1.54) is 0 Å². The van der Waals surface area contributed by atoms with Crippen molar-refractivity contribution in [2.45, 2.75) is 19.3 Å². The Morgan fingerprint density at radius 1 is 1.32 bits per heavy atom. The molecule has 25 heavy (non-hydrogen) atoms. The maximum atomic E-state index is 12.7. The summed E-state index contributed by atoms with van der Waals surface area (Å²) in [5.41, 5.74) is 2.86. The van der Waals surface area contributed by atoms with E-state index in [1.807, 2.05) is 41.1 Å². The molecular formula is C20H20O4S. The van der Waals surface area contributed by atoms with Crippen molar-refractivity contribution in [3.8, 4) is 5.75 Å². The van der Waals surface area contributed by atoms with Crippen molar-refractivity contribution < 1.29 is 19.1 Å². The standard InChI is InChI=1S/C20H20O4S/c1-3-24-20(22)19-17(14-7-8-25-12-14)10-15(11-18(19)21)13-5-4-6-16(9-13)23-2/h4-9,11-12,17,19H,3,10H2,1-2H3/t17-,19+/m0/s1. The SMILES string of the molecule is CCOC(=O)[C@H]1C(=O)C=C(c2cccc(OC)c2)C[C@H]1c1ccsc1. The zero-order chi connectivity index (χ0) is 17.8. The quantitative estimate of drug-likeness (QED) is 0.598. The Morgan fingerprint density at radius 2 is 2.16 bits per heavy atom. The summed E-state index contributed by atoms with van der Waals surface area (Å²) in [6, 6.07) is 9.61. The molecule has 0 amide bonds. The van der Waals surface area contributed by atoms with Crippen LogP contribution in [0.5, 0.6) is 5.75 Å². The van der Waals surface area contributed by atoms with Crippen molar-refractivity contribution in [3.05, 3.63) is 58.3 Å². The predicted molar refractivity (Wildman–Crippen MR) is 97.8 cm³/mol. The van der Waals surface area contributed by atoms with Crippen LogP contribution in [0.25, 0.3) is 5.57 Å². The van der Waals surface area contributed by atoms with E-state index in [9.17, 15) is 9.59 Å². The van der Waals surface area contributed by atoms with Gasteiger partial charge in [0.2, 0.25) is 0 Å².